The maximum atomic E-state index is 14.7. The fraction of sp³-hybridized carbons (Fsp3) is 0.596. The first kappa shape index (κ1) is 98.7. The van der Waals surface area contributed by atoms with Gasteiger partial charge in [0.15, 0.2) is 0 Å². The van der Waals surface area contributed by atoms with E-state index >= 15 is 0 Å². The summed E-state index contributed by atoms with van der Waals surface area (Å²) < 4.78 is 6.00. The summed E-state index contributed by atoms with van der Waals surface area (Å²) >= 11 is 0. The molecule has 11 amide bonds. The van der Waals surface area contributed by atoms with Gasteiger partial charge < -0.3 is 79.3 Å². The molecule has 1 aliphatic heterocycles. The first-order valence-electron chi connectivity index (χ1n) is 43.6. The van der Waals surface area contributed by atoms with E-state index in [1.54, 1.807) is 36.5 Å². The summed E-state index contributed by atoms with van der Waals surface area (Å²) in [6.07, 6.45) is 46.9. The zero-order chi connectivity index (χ0) is 85.2. The summed E-state index contributed by atoms with van der Waals surface area (Å²) in [5.74, 6) is -6.86. The van der Waals surface area contributed by atoms with Gasteiger partial charge in [-0.15, -0.1) is 0 Å². The van der Waals surface area contributed by atoms with E-state index in [4.69, 9.17) is 16.2 Å². The number of hydrogen-bond acceptors (Lipinski definition) is 16. The maximum Gasteiger partial charge on any atom is 0.265 e. The lowest BCUT2D eigenvalue weighted by Gasteiger charge is -2.27. The van der Waals surface area contributed by atoms with E-state index in [1.165, 1.54) is 58.0 Å². The minimum Gasteiger partial charge on any atom is -0.368 e. The number of nitrogens with zero attached hydrogens (tertiary/aromatic N) is 2. The number of imidazole rings is 1. The van der Waals surface area contributed by atoms with Crippen LogP contribution in [0.5, 0.6) is 0 Å². The number of rotatable bonds is 65. The van der Waals surface area contributed by atoms with Gasteiger partial charge in [0.25, 0.3) is 11.8 Å². The normalized spacial score (nSPS) is 15.2. The number of allylic oxidation sites excluding steroid dienone is 8. The highest BCUT2D eigenvalue weighted by molar-refractivity contribution is 5.98. The molecule has 652 valence electrons. The topological polar surface area (TPSA) is 429 Å². The minimum atomic E-state index is -1.52. The van der Waals surface area contributed by atoms with Crippen molar-refractivity contribution in [2.75, 3.05) is 39.3 Å². The number of unbranched alkanes of at least 4 members (excludes halogenated alkanes) is 18. The Morgan fingerprint density at radius 3 is 1.54 bits per heavy atom. The third-order valence-corrected chi connectivity index (χ3v) is 20.4. The Morgan fingerprint density at radius 1 is 0.475 bits per heavy atom. The first-order chi connectivity index (χ1) is 57.3. The van der Waals surface area contributed by atoms with E-state index in [0.717, 1.165) is 124 Å². The number of aromatic nitrogens is 3. The number of fused-ring (bicyclic) bond motifs is 1. The zero-order valence-corrected chi connectivity index (χ0v) is 70.6. The van der Waals surface area contributed by atoms with Gasteiger partial charge in [-0.2, -0.15) is 5.01 Å². The molecule has 1 saturated heterocycles. The molecular weight excluding hydrogens is 1500 g/mol. The van der Waals surface area contributed by atoms with Gasteiger partial charge in [0.05, 0.1) is 12.9 Å². The number of ether oxygens (including phenoxy) is 1. The fourth-order valence-corrected chi connectivity index (χ4v) is 13.5. The highest BCUT2D eigenvalue weighted by Gasteiger charge is 2.42. The van der Waals surface area contributed by atoms with Crippen LogP contribution < -0.4 is 70.1 Å². The van der Waals surface area contributed by atoms with Gasteiger partial charge in [-0.1, -0.05) is 195 Å². The number of hydrogen-bond donors (Lipinski definition) is 15. The Bertz CT molecular complexity index is 3720. The first-order valence-corrected chi connectivity index (χ1v) is 43.6. The largest absolute Gasteiger partial charge is 0.368 e. The van der Waals surface area contributed by atoms with Gasteiger partial charge in [-0.3, -0.25) is 52.7 Å². The summed E-state index contributed by atoms with van der Waals surface area (Å²) in [6.45, 7) is 8.27. The van der Waals surface area contributed by atoms with E-state index in [0.29, 0.717) is 75.7 Å². The SMILES string of the molecule is CCCCC/C=C\C/C=C\CCCCCCCC(=O)NCCCNC(=O)C1NN(CC(=O)N[C@@H](CCCC)C(=O)N[C@@H](C)C(=O)N[C@@H](Cc2cnc[nH]2)C(=O)N[C@H](Cc2ccccc2)C(=O)N[C@@H](CCCCN)C(=O)N[C@@H](Cc2c[nH]c3ccccc23)C(N)=O)C(C(=O)NCCCNC(=O)CCCCCCC/C=C\C/C=C\CCCCC)O1. The Balaban J connectivity index is 1.18. The number of carbonyl (C=O) groups excluding carboxylic acids is 11. The zero-order valence-electron chi connectivity index (χ0n) is 70.6. The molecule has 29 heteroatoms. The summed E-state index contributed by atoms with van der Waals surface area (Å²) in [5, 5.41) is 29.9. The van der Waals surface area contributed by atoms with E-state index in [-0.39, 0.29) is 63.6 Å². The highest BCUT2D eigenvalue weighted by atomic mass is 16.6. The molecule has 8 atom stereocenters. The Morgan fingerprint density at radius 2 is 0.966 bits per heavy atom. The van der Waals surface area contributed by atoms with Gasteiger partial charge in [0.1, 0.15) is 36.3 Å². The Kier molecular flexibility index (Phi) is 50.7. The molecule has 0 bridgehead atoms. The third-order valence-electron chi connectivity index (χ3n) is 20.4. The summed E-state index contributed by atoms with van der Waals surface area (Å²) in [4.78, 5) is 163. The van der Waals surface area contributed by atoms with Crippen molar-refractivity contribution in [3.63, 3.8) is 0 Å². The number of para-hydroxylation sites is 1. The van der Waals surface area contributed by atoms with Crippen LogP contribution in [0.2, 0.25) is 0 Å². The molecule has 2 unspecified atom stereocenters. The van der Waals surface area contributed by atoms with Gasteiger partial charge in [-0.05, 0) is 146 Å². The van der Waals surface area contributed by atoms with Crippen molar-refractivity contribution in [2.45, 2.75) is 301 Å². The second kappa shape index (κ2) is 60.6. The number of aromatic amines is 2. The number of carbonyl (C=O) groups is 11. The molecule has 5 rings (SSSR count). The van der Waals surface area contributed by atoms with Crippen molar-refractivity contribution in [1.29, 1.82) is 0 Å². The standard InChI is InChI=1S/C89H139N17O12/c1-5-8-11-13-15-17-19-21-23-25-27-29-31-33-38-52-77(107)93-55-44-57-95-86(116)88-105-106(89(118-88)87(117)96-58-45-56-94-78(108)53-39-34-32-30-28-26-24-22-20-18-16-14-12-9-6-2)64-79(109)100-72(49-10-7-3)82(112)99-66(4)81(111)103-76(61-69-63-92-65-98-69)85(115)104-75(59-67-46-36-35-37-47-67)84(114)101-73(51-42-43-54-90)83(113)102-74(80(91)110)60-68-62-97-71-50-41-40-48-70(68)71/h15-18,21-24,35-37,40-41,46-48,50,62-63,65-66,72-76,88-89,97,105H,5-14,19-20,25-34,38-39,42-45,49,51-61,64,90H2,1-4H3,(H2,91,110)(H,92,98)(H,93,107)(H,94,108)(H,95,116)(H,96,117)(H,99,112)(H,100,109)(H,101,114)(H,102,113)(H,103,111)(H,104,115)/b17-15-,18-16-,23-21-,24-22-/t66-,72-,73-,74-,75+,76-,88?,89?/m0/s1. The number of nitrogens with one attached hydrogen (secondary N) is 13. The molecule has 0 radical (unpaired) electrons. The van der Waals surface area contributed by atoms with Gasteiger partial charge in [0, 0.05) is 87.3 Å². The van der Waals surface area contributed by atoms with Crippen LogP contribution in [0.1, 0.15) is 250 Å². The summed E-state index contributed by atoms with van der Waals surface area (Å²) in [7, 11) is 0. The molecule has 29 nitrogen and oxygen atoms in total. The fourth-order valence-electron chi connectivity index (χ4n) is 13.5. The molecule has 4 aromatic rings. The van der Waals surface area contributed by atoms with Crippen LogP contribution in [0.4, 0.5) is 0 Å². The maximum absolute atomic E-state index is 14.7. The number of H-pyrrole nitrogens is 2. The minimum absolute atomic E-state index is 0.0538. The van der Waals surface area contributed by atoms with Gasteiger partial charge in [-0.25, -0.2) is 10.4 Å². The average molecular weight is 1640 g/mol. The van der Waals surface area contributed by atoms with E-state index in [1.807, 2.05) is 31.2 Å². The molecule has 0 spiro atoms. The molecule has 2 aromatic heterocycles. The summed E-state index contributed by atoms with van der Waals surface area (Å²) in [6, 6.07) is 8.62. The van der Waals surface area contributed by atoms with Gasteiger partial charge >= 0.3 is 0 Å². The molecule has 0 aliphatic carbocycles. The van der Waals surface area contributed by atoms with Crippen molar-refractivity contribution in [3.05, 3.63) is 139 Å². The van der Waals surface area contributed by atoms with E-state index < -0.39 is 108 Å². The highest BCUT2D eigenvalue weighted by Crippen LogP contribution is 2.21. The van der Waals surface area contributed by atoms with Crippen LogP contribution in [0.15, 0.2) is 122 Å². The average Bonchev–Trinajstić information content (AvgIpc) is 1.65. The molecule has 118 heavy (non-hydrogen) atoms. The monoisotopic (exact) mass is 1640 g/mol. The smallest absolute Gasteiger partial charge is 0.265 e. The van der Waals surface area contributed by atoms with Crippen LogP contribution in [-0.2, 0) is 76.7 Å². The number of amides is 11. The van der Waals surface area contributed by atoms with E-state index in [9.17, 15) is 52.7 Å². The molecule has 0 saturated carbocycles. The number of hydrazine groups is 1. The van der Waals surface area contributed by atoms with Crippen LogP contribution >= 0.6 is 0 Å². The van der Waals surface area contributed by atoms with Crippen LogP contribution in [0.25, 0.3) is 10.9 Å². The van der Waals surface area contributed by atoms with Gasteiger partial charge in [0.2, 0.25) is 65.6 Å². The van der Waals surface area contributed by atoms with Crippen molar-refractivity contribution in [2.24, 2.45) is 11.5 Å². The molecule has 3 heterocycles. The predicted molar refractivity (Wildman–Crippen MR) is 462 cm³/mol. The summed E-state index contributed by atoms with van der Waals surface area (Å²) in [5.41, 5.74) is 17.2. The van der Waals surface area contributed by atoms with Crippen molar-refractivity contribution >= 4 is 75.9 Å². The quantitative estimate of drug-likeness (QED) is 0.0145. The lowest BCUT2D eigenvalue weighted by Crippen LogP contribution is -2.60. The second-order valence-corrected chi connectivity index (χ2v) is 30.5. The number of benzene rings is 2. The molecule has 2 aromatic carbocycles. The molecular formula is C89H139N17O12. The molecule has 1 aliphatic rings. The van der Waals surface area contributed by atoms with Crippen LogP contribution in [-0.4, -0.2) is 173 Å². The van der Waals surface area contributed by atoms with Crippen molar-refractivity contribution < 1.29 is 57.5 Å². The third kappa shape index (κ3) is 41.5. The number of primary amides is 1. The predicted octanol–water partition coefficient (Wildman–Crippen LogP) is 9.01. The molecule has 17 N–H and O–H groups in total. The Hall–Kier alpha value is -9.84. The molecule has 1 fully saturated rings. The van der Waals surface area contributed by atoms with Crippen LogP contribution in [0.3, 0.4) is 0 Å². The van der Waals surface area contributed by atoms with E-state index in [2.05, 4.69) is 136 Å². The van der Waals surface area contributed by atoms with Crippen molar-refractivity contribution in [1.82, 2.24) is 78.6 Å². The lowest BCUT2D eigenvalue weighted by molar-refractivity contribution is -0.144. The Labute approximate surface area is 699 Å². The van der Waals surface area contributed by atoms with Crippen molar-refractivity contribution in [3.8, 4) is 0 Å². The second-order valence-electron chi connectivity index (χ2n) is 30.5. The lowest BCUT2D eigenvalue weighted by atomic mass is 10.0. The number of nitrogens with two attached hydrogens (primary N) is 2. The van der Waals surface area contributed by atoms with Crippen LogP contribution in [0, 0.1) is 0 Å².